The van der Waals surface area contributed by atoms with Crippen molar-refractivity contribution in [2.75, 3.05) is 7.11 Å². The lowest BCUT2D eigenvalue weighted by Gasteiger charge is -2.14. The van der Waals surface area contributed by atoms with Crippen LogP contribution in [0.4, 0.5) is 0 Å². The van der Waals surface area contributed by atoms with E-state index in [9.17, 15) is 19.5 Å². The molecule has 1 N–H and O–H groups in total. The van der Waals surface area contributed by atoms with E-state index in [4.69, 9.17) is 9.47 Å². The molecular weight excluding hydrogens is 336 g/mol. The Morgan fingerprint density at radius 1 is 0.962 bits per heavy atom. The third-order valence-electron chi connectivity index (χ3n) is 3.68. The number of aromatic hydroxyl groups is 1. The van der Waals surface area contributed by atoms with E-state index in [0.717, 1.165) is 0 Å². The largest absolute Gasteiger partial charge is 0.504 e. The first-order valence-corrected chi connectivity index (χ1v) is 8.02. The van der Waals surface area contributed by atoms with Gasteiger partial charge >= 0.3 is 5.97 Å². The molecule has 0 amide bonds. The Morgan fingerprint density at radius 2 is 1.54 bits per heavy atom. The molecule has 2 aromatic rings. The second-order valence-electron chi connectivity index (χ2n) is 5.99. The molecule has 0 heterocycles. The molecule has 0 atom stereocenters. The lowest BCUT2D eigenvalue weighted by atomic mass is 9.96. The summed E-state index contributed by atoms with van der Waals surface area (Å²) in [4.78, 5) is 36.6. The lowest BCUT2D eigenvalue weighted by Crippen LogP contribution is -2.16. The zero-order valence-electron chi connectivity index (χ0n) is 15.0. The molecule has 0 aromatic heterocycles. The van der Waals surface area contributed by atoms with Crippen LogP contribution in [0.25, 0.3) is 0 Å². The quantitative estimate of drug-likeness (QED) is 0.630. The smallest absolute Gasteiger partial charge is 0.339 e. The molecule has 0 radical (unpaired) electrons. The minimum Gasteiger partial charge on any atom is -0.504 e. The topological polar surface area (TPSA) is 89.9 Å². The van der Waals surface area contributed by atoms with Crippen LogP contribution in [0.1, 0.15) is 57.4 Å². The molecular formula is C20H20O6. The van der Waals surface area contributed by atoms with Gasteiger partial charge in [-0.2, -0.15) is 0 Å². The average molecular weight is 356 g/mol. The van der Waals surface area contributed by atoms with Gasteiger partial charge < -0.3 is 14.6 Å². The predicted molar refractivity (Wildman–Crippen MR) is 95.1 cm³/mol. The molecule has 0 spiro atoms. The molecule has 0 bridgehead atoms. The van der Waals surface area contributed by atoms with Gasteiger partial charge in [-0.15, -0.1) is 0 Å². The minimum atomic E-state index is -0.693. The van der Waals surface area contributed by atoms with Crippen LogP contribution in [0.3, 0.4) is 0 Å². The van der Waals surface area contributed by atoms with Crippen molar-refractivity contribution in [1.82, 2.24) is 0 Å². The highest BCUT2D eigenvalue weighted by Crippen LogP contribution is 2.31. The number of phenolic OH excluding ortho intramolecular Hbond substituents is 1. The number of carbonyl (C=O) groups is 3. The third kappa shape index (κ3) is 4.08. The van der Waals surface area contributed by atoms with Crippen molar-refractivity contribution in [3.8, 4) is 11.5 Å². The summed E-state index contributed by atoms with van der Waals surface area (Å²) < 4.78 is 10.2. The fourth-order valence-electron chi connectivity index (χ4n) is 2.38. The summed E-state index contributed by atoms with van der Waals surface area (Å²) >= 11 is 0. The predicted octanol–water partition coefficient (Wildman–Crippen LogP) is 3.40. The van der Waals surface area contributed by atoms with Crippen molar-refractivity contribution < 1.29 is 29.0 Å². The van der Waals surface area contributed by atoms with Gasteiger partial charge in [0.05, 0.1) is 18.8 Å². The lowest BCUT2D eigenvalue weighted by molar-refractivity contribution is 0.0375. The maximum absolute atomic E-state index is 12.8. The average Bonchev–Trinajstić information content (AvgIpc) is 2.60. The first-order valence-electron chi connectivity index (χ1n) is 8.02. The van der Waals surface area contributed by atoms with E-state index < -0.39 is 11.8 Å². The summed E-state index contributed by atoms with van der Waals surface area (Å²) in [6.45, 7) is 4.81. The highest BCUT2D eigenvalue weighted by Gasteiger charge is 2.23. The number of benzene rings is 2. The van der Waals surface area contributed by atoms with E-state index in [1.807, 2.05) is 0 Å². The van der Waals surface area contributed by atoms with Crippen LogP contribution in [-0.2, 0) is 4.74 Å². The van der Waals surface area contributed by atoms with Crippen LogP contribution < -0.4 is 4.74 Å². The second kappa shape index (κ2) is 7.82. The normalized spacial score (nSPS) is 10.5. The van der Waals surface area contributed by atoms with Crippen molar-refractivity contribution in [3.05, 3.63) is 58.7 Å². The van der Waals surface area contributed by atoms with E-state index in [1.165, 1.54) is 50.4 Å². The number of hydrogen-bond donors (Lipinski definition) is 1. The highest BCUT2D eigenvalue weighted by atomic mass is 16.5. The van der Waals surface area contributed by atoms with Crippen LogP contribution in [0.5, 0.6) is 11.5 Å². The van der Waals surface area contributed by atoms with Crippen LogP contribution in [0, 0.1) is 0 Å². The Morgan fingerprint density at radius 3 is 2.04 bits per heavy atom. The van der Waals surface area contributed by atoms with Crippen molar-refractivity contribution >= 4 is 17.5 Å². The fraction of sp³-hybridized carbons (Fsp3) is 0.250. The number of Topliss-reactive ketones (excluding diaryl/α,β-unsaturated/α-hetero) is 1. The van der Waals surface area contributed by atoms with E-state index in [0.29, 0.717) is 5.56 Å². The first kappa shape index (κ1) is 19.2. The molecule has 0 aliphatic heterocycles. The van der Waals surface area contributed by atoms with E-state index in [-0.39, 0.29) is 40.1 Å². The molecule has 6 heteroatoms. The summed E-state index contributed by atoms with van der Waals surface area (Å²) in [5.74, 6) is -1.50. The summed E-state index contributed by atoms with van der Waals surface area (Å²) in [5.41, 5.74) is 0.732. The fourth-order valence-corrected chi connectivity index (χ4v) is 2.38. The van der Waals surface area contributed by atoms with Crippen molar-refractivity contribution in [2.45, 2.75) is 26.9 Å². The maximum Gasteiger partial charge on any atom is 0.339 e. The summed E-state index contributed by atoms with van der Waals surface area (Å²) in [5, 5.41) is 10.0. The van der Waals surface area contributed by atoms with Gasteiger partial charge in [0.1, 0.15) is 0 Å². The third-order valence-corrected chi connectivity index (χ3v) is 3.68. The van der Waals surface area contributed by atoms with E-state index >= 15 is 0 Å². The molecule has 0 saturated carbocycles. The monoisotopic (exact) mass is 356 g/mol. The SMILES string of the molecule is COc1cc(C(=O)OC(C)C)c(C(=O)c2ccc(C(C)=O)cc2)cc1O. The van der Waals surface area contributed by atoms with Gasteiger partial charge in [-0.3, -0.25) is 9.59 Å². The number of esters is 1. The van der Waals surface area contributed by atoms with Gasteiger partial charge in [-0.05, 0) is 32.9 Å². The molecule has 0 fully saturated rings. The van der Waals surface area contributed by atoms with Crippen LogP contribution in [0.2, 0.25) is 0 Å². The number of hydrogen-bond acceptors (Lipinski definition) is 6. The van der Waals surface area contributed by atoms with Gasteiger partial charge in [-0.1, -0.05) is 24.3 Å². The number of methoxy groups -OCH3 is 1. The van der Waals surface area contributed by atoms with Crippen molar-refractivity contribution in [1.29, 1.82) is 0 Å². The van der Waals surface area contributed by atoms with Crippen LogP contribution >= 0.6 is 0 Å². The van der Waals surface area contributed by atoms with Gasteiger partial charge in [0.2, 0.25) is 0 Å². The first-order chi connectivity index (χ1) is 12.2. The molecule has 2 rings (SSSR count). The van der Waals surface area contributed by atoms with Gasteiger partial charge in [-0.25, -0.2) is 4.79 Å². The Kier molecular flexibility index (Phi) is 5.77. The number of phenols is 1. The van der Waals surface area contributed by atoms with Crippen molar-refractivity contribution in [2.24, 2.45) is 0 Å². The number of carbonyl (C=O) groups excluding carboxylic acids is 3. The second-order valence-corrected chi connectivity index (χ2v) is 5.99. The number of ketones is 2. The van der Waals surface area contributed by atoms with Crippen LogP contribution in [0.15, 0.2) is 36.4 Å². The zero-order chi connectivity index (χ0) is 19.4. The van der Waals surface area contributed by atoms with Gasteiger partial charge in [0.15, 0.2) is 23.1 Å². The Labute approximate surface area is 151 Å². The minimum absolute atomic E-state index is 0.00556. The molecule has 2 aromatic carbocycles. The molecule has 0 unspecified atom stereocenters. The molecule has 0 aliphatic carbocycles. The molecule has 0 saturated heterocycles. The molecule has 6 nitrogen and oxygen atoms in total. The van der Waals surface area contributed by atoms with Gasteiger partial charge in [0.25, 0.3) is 0 Å². The van der Waals surface area contributed by atoms with E-state index in [2.05, 4.69) is 0 Å². The maximum atomic E-state index is 12.8. The molecule has 0 aliphatic rings. The number of rotatable bonds is 6. The Bertz CT molecular complexity index is 849. The summed E-state index contributed by atoms with van der Waals surface area (Å²) in [6.07, 6.45) is -0.375. The zero-order valence-corrected chi connectivity index (χ0v) is 15.0. The Hall–Kier alpha value is -3.15. The van der Waals surface area contributed by atoms with Crippen molar-refractivity contribution in [3.63, 3.8) is 0 Å². The van der Waals surface area contributed by atoms with Gasteiger partial charge in [0, 0.05) is 16.7 Å². The molecule has 26 heavy (non-hydrogen) atoms. The van der Waals surface area contributed by atoms with E-state index in [1.54, 1.807) is 13.8 Å². The highest BCUT2D eigenvalue weighted by molar-refractivity contribution is 6.15. The summed E-state index contributed by atoms with van der Waals surface area (Å²) in [6, 6.07) is 8.51. The summed E-state index contributed by atoms with van der Waals surface area (Å²) in [7, 11) is 1.34. The number of ether oxygens (including phenoxy) is 2. The van der Waals surface area contributed by atoms with Crippen LogP contribution in [-0.4, -0.2) is 35.9 Å². The molecule has 136 valence electrons. The standard InChI is InChI=1S/C20H20O6/c1-11(2)26-20(24)16-10-18(25-4)17(22)9-15(16)19(23)14-7-5-13(6-8-14)12(3)21/h5-11,22H,1-4H3. The Balaban J connectivity index is 2.52.